The molecule has 0 aromatic heterocycles. The molecule has 0 heterocycles. The van der Waals surface area contributed by atoms with E-state index in [-0.39, 0.29) is 5.91 Å². The summed E-state index contributed by atoms with van der Waals surface area (Å²) in [6.45, 7) is 4.28. The molecule has 0 spiro atoms. The molecule has 3 aromatic carbocycles. The average molecular weight is 394 g/mol. The summed E-state index contributed by atoms with van der Waals surface area (Å²) < 4.78 is 26.8. The Morgan fingerprint density at radius 3 is 2.31 bits per heavy atom. The topological polar surface area (TPSA) is 46.3 Å². The molecule has 3 nitrogen and oxygen atoms in total. The molecule has 0 unspecified atom stereocenters. The standard InChI is InChI=1S/C24H24F2N2O/c1-16-8-10-20(14-17(16)2)28(13-12-18-9-11-21(25)22(26)15-18)24(29)23(27)19-6-4-3-5-7-19/h3-11,14-15,23H,12-13,27H2,1-2H3/t23-/m0/s1. The highest BCUT2D eigenvalue weighted by Crippen LogP contribution is 2.23. The van der Waals surface area contributed by atoms with Gasteiger partial charge in [0.25, 0.3) is 0 Å². The van der Waals surface area contributed by atoms with Gasteiger partial charge in [-0.1, -0.05) is 42.5 Å². The molecule has 0 radical (unpaired) electrons. The first-order valence-electron chi connectivity index (χ1n) is 9.50. The van der Waals surface area contributed by atoms with Crippen LogP contribution < -0.4 is 10.6 Å². The second-order valence-electron chi connectivity index (χ2n) is 7.15. The maximum Gasteiger partial charge on any atom is 0.248 e. The number of carbonyl (C=O) groups excluding carboxylic acids is 1. The van der Waals surface area contributed by atoms with Crippen molar-refractivity contribution in [3.8, 4) is 0 Å². The van der Waals surface area contributed by atoms with Gasteiger partial charge < -0.3 is 10.6 Å². The van der Waals surface area contributed by atoms with Gasteiger partial charge >= 0.3 is 0 Å². The quantitative estimate of drug-likeness (QED) is 0.649. The van der Waals surface area contributed by atoms with Gasteiger partial charge in [-0.3, -0.25) is 4.79 Å². The number of nitrogens with zero attached hydrogens (tertiary/aromatic N) is 1. The largest absolute Gasteiger partial charge is 0.316 e. The van der Waals surface area contributed by atoms with Gasteiger partial charge in [0, 0.05) is 12.2 Å². The Morgan fingerprint density at radius 1 is 0.931 bits per heavy atom. The van der Waals surface area contributed by atoms with Crippen LogP contribution in [0.15, 0.2) is 66.7 Å². The van der Waals surface area contributed by atoms with Crippen LogP contribution in [0.1, 0.15) is 28.3 Å². The van der Waals surface area contributed by atoms with E-state index in [0.29, 0.717) is 18.5 Å². The Balaban J connectivity index is 1.89. The lowest BCUT2D eigenvalue weighted by Gasteiger charge is -2.27. The van der Waals surface area contributed by atoms with Crippen molar-refractivity contribution in [3.63, 3.8) is 0 Å². The lowest BCUT2D eigenvalue weighted by Crippen LogP contribution is -2.40. The average Bonchev–Trinajstić information content (AvgIpc) is 2.73. The van der Waals surface area contributed by atoms with Gasteiger partial charge in [0.2, 0.25) is 5.91 Å². The van der Waals surface area contributed by atoms with Crippen LogP contribution in [-0.4, -0.2) is 12.5 Å². The molecule has 150 valence electrons. The van der Waals surface area contributed by atoms with Crippen LogP contribution in [0.5, 0.6) is 0 Å². The predicted molar refractivity (Wildman–Crippen MR) is 112 cm³/mol. The molecule has 0 bridgehead atoms. The molecule has 0 aliphatic heterocycles. The van der Waals surface area contributed by atoms with Crippen molar-refractivity contribution in [2.75, 3.05) is 11.4 Å². The Kier molecular flexibility index (Phi) is 6.39. The minimum absolute atomic E-state index is 0.248. The summed E-state index contributed by atoms with van der Waals surface area (Å²) in [4.78, 5) is 14.9. The minimum Gasteiger partial charge on any atom is -0.316 e. The number of aryl methyl sites for hydroxylation is 2. The normalized spacial score (nSPS) is 11.9. The van der Waals surface area contributed by atoms with E-state index < -0.39 is 17.7 Å². The van der Waals surface area contributed by atoms with Crippen molar-refractivity contribution in [1.82, 2.24) is 0 Å². The van der Waals surface area contributed by atoms with Crippen molar-refractivity contribution in [1.29, 1.82) is 0 Å². The number of hydrogen-bond acceptors (Lipinski definition) is 2. The number of hydrogen-bond donors (Lipinski definition) is 1. The van der Waals surface area contributed by atoms with Crippen molar-refractivity contribution >= 4 is 11.6 Å². The van der Waals surface area contributed by atoms with Crippen molar-refractivity contribution < 1.29 is 13.6 Å². The summed E-state index contributed by atoms with van der Waals surface area (Å²) >= 11 is 0. The number of halogens is 2. The maximum absolute atomic E-state index is 13.6. The van der Waals surface area contributed by atoms with E-state index in [2.05, 4.69) is 0 Å². The third kappa shape index (κ3) is 4.87. The molecule has 29 heavy (non-hydrogen) atoms. The van der Waals surface area contributed by atoms with Crippen LogP contribution in [0.4, 0.5) is 14.5 Å². The second-order valence-corrected chi connectivity index (χ2v) is 7.15. The van der Waals surface area contributed by atoms with Gasteiger partial charge in [-0.2, -0.15) is 0 Å². The number of rotatable bonds is 6. The summed E-state index contributed by atoms with van der Waals surface area (Å²) in [6, 6.07) is 17.9. The molecule has 3 aromatic rings. The van der Waals surface area contributed by atoms with E-state index in [0.717, 1.165) is 34.5 Å². The van der Waals surface area contributed by atoms with E-state index in [1.807, 2.05) is 62.4 Å². The highest BCUT2D eigenvalue weighted by molar-refractivity contribution is 5.97. The van der Waals surface area contributed by atoms with Gasteiger partial charge in [-0.05, 0) is 66.8 Å². The van der Waals surface area contributed by atoms with E-state index in [9.17, 15) is 13.6 Å². The number of amides is 1. The van der Waals surface area contributed by atoms with E-state index >= 15 is 0 Å². The fourth-order valence-electron chi connectivity index (χ4n) is 3.17. The van der Waals surface area contributed by atoms with Crippen LogP contribution >= 0.6 is 0 Å². The fraction of sp³-hybridized carbons (Fsp3) is 0.208. The lowest BCUT2D eigenvalue weighted by atomic mass is 10.0. The minimum atomic E-state index is -0.896. The zero-order valence-electron chi connectivity index (χ0n) is 16.5. The Hall–Kier alpha value is -3.05. The summed E-state index contributed by atoms with van der Waals surface area (Å²) in [5.41, 5.74) is 10.5. The summed E-state index contributed by atoms with van der Waals surface area (Å²) in [5.74, 6) is -2.03. The first kappa shape index (κ1) is 20.7. The third-order valence-electron chi connectivity index (χ3n) is 5.10. The van der Waals surface area contributed by atoms with E-state index in [1.54, 1.807) is 4.90 Å². The molecule has 0 aliphatic carbocycles. The summed E-state index contributed by atoms with van der Waals surface area (Å²) in [7, 11) is 0. The van der Waals surface area contributed by atoms with Crippen LogP contribution in [-0.2, 0) is 11.2 Å². The first-order valence-corrected chi connectivity index (χ1v) is 9.50. The Labute approximate surface area is 169 Å². The Bertz CT molecular complexity index is 1010. The molecule has 5 heteroatoms. The molecule has 1 atom stereocenters. The van der Waals surface area contributed by atoms with Crippen molar-refractivity contribution in [2.24, 2.45) is 5.73 Å². The highest BCUT2D eigenvalue weighted by atomic mass is 19.2. The molecule has 1 amide bonds. The zero-order chi connectivity index (χ0) is 21.0. The number of anilines is 1. The third-order valence-corrected chi connectivity index (χ3v) is 5.10. The van der Waals surface area contributed by atoms with Gasteiger partial charge in [0.1, 0.15) is 6.04 Å². The van der Waals surface area contributed by atoms with Crippen LogP contribution in [0.3, 0.4) is 0 Å². The smallest absolute Gasteiger partial charge is 0.248 e. The summed E-state index contributed by atoms with van der Waals surface area (Å²) in [5, 5.41) is 0. The van der Waals surface area contributed by atoms with E-state index in [1.165, 1.54) is 6.07 Å². The van der Waals surface area contributed by atoms with Gasteiger partial charge in [-0.25, -0.2) is 8.78 Å². The zero-order valence-corrected chi connectivity index (χ0v) is 16.5. The molecular formula is C24H24F2N2O. The molecule has 0 saturated carbocycles. The van der Waals surface area contributed by atoms with Crippen molar-refractivity contribution in [2.45, 2.75) is 26.3 Å². The van der Waals surface area contributed by atoms with Crippen molar-refractivity contribution in [3.05, 3.63) is 101 Å². The van der Waals surface area contributed by atoms with Gasteiger partial charge in [0.15, 0.2) is 11.6 Å². The molecule has 0 fully saturated rings. The molecular weight excluding hydrogens is 370 g/mol. The Morgan fingerprint density at radius 2 is 1.66 bits per heavy atom. The van der Waals surface area contributed by atoms with Gasteiger partial charge in [0.05, 0.1) is 0 Å². The van der Waals surface area contributed by atoms with Crippen LogP contribution in [0.2, 0.25) is 0 Å². The molecule has 3 rings (SSSR count). The second kappa shape index (κ2) is 8.97. The van der Waals surface area contributed by atoms with Crippen LogP contribution in [0, 0.1) is 25.5 Å². The number of benzene rings is 3. The monoisotopic (exact) mass is 394 g/mol. The predicted octanol–water partition coefficient (Wildman–Crippen LogP) is 4.86. The number of carbonyl (C=O) groups is 1. The fourth-order valence-corrected chi connectivity index (χ4v) is 3.17. The maximum atomic E-state index is 13.6. The SMILES string of the molecule is Cc1ccc(N(CCc2ccc(F)c(F)c2)C(=O)[C@@H](N)c2ccccc2)cc1C. The van der Waals surface area contributed by atoms with Gasteiger partial charge in [-0.15, -0.1) is 0 Å². The van der Waals surface area contributed by atoms with Crippen LogP contribution in [0.25, 0.3) is 0 Å². The molecule has 2 N–H and O–H groups in total. The highest BCUT2D eigenvalue weighted by Gasteiger charge is 2.24. The first-order chi connectivity index (χ1) is 13.9. The molecule has 0 saturated heterocycles. The van der Waals surface area contributed by atoms with E-state index in [4.69, 9.17) is 5.73 Å². The lowest BCUT2D eigenvalue weighted by molar-refractivity contribution is -0.120. The molecule has 0 aliphatic rings. The summed E-state index contributed by atoms with van der Waals surface area (Å²) in [6.07, 6.45) is 0.372. The number of nitrogens with two attached hydrogens (primary N) is 1.